The van der Waals surface area contributed by atoms with Crippen molar-refractivity contribution in [3.05, 3.63) is 34.3 Å². The molecule has 1 saturated carbocycles. The van der Waals surface area contributed by atoms with Gasteiger partial charge in [-0.05, 0) is 36.6 Å². The number of hydrogen-bond donors (Lipinski definition) is 1. The highest BCUT2D eigenvalue weighted by molar-refractivity contribution is 6.32. The number of amides is 1. The number of hydrogen-bond acceptors (Lipinski definition) is 3. The third-order valence-electron chi connectivity index (χ3n) is 3.61. The zero-order chi connectivity index (χ0) is 16.5. The van der Waals surface area contributed by atoms with E-state index in [0.29, 0.717) is 12.8 Å². The maximum atomic E-state index is 12.8. The predicted molar refractivity (Wildman–Crippen MR) is 72.4 cm³/mol. The molecule has 0 aliphatic heterocycles. The monoisotopic (exact) mass is 335 g/mol. The molecule has 0 heterocycles. The summed E-state index contributed by atoms with van der Waals surface area (Å²) in [4.78, 5) is 23.2. The van der Waals surface area contributed by atoms with Crippen LogP contribution in [0.4, 0.5) is 13.2 Å². The van der Waals surface area contributed by atoms with Gasteiger partial charge in [0.05, 0.1) is 18.1 Å². The van der Waals surface area contributed by atoms with E-state index in [1.54, 1.807) is 0 Å². The summed E-state index contributed by atoms with van der Waals surface area (Å²) >= 11 is 5.97. The van der Waals surface area contributed by atoms with Gasteiger partial charge in [-0.1, -0.05) is 11.6 Å². The summed E-state index contributed by atoms with van der Waals surface area (Å²) in [5.74, 6) is -1.17. The standard InChI is InChI=1S/C14H13ClF3NO3/c1-22-11(20)7-19-12(21)13(4-5-13)9-6-8(14(16,17)18)2-3-10(9)15/h2-3,6H,4-5,7H2,1H3,(H,19,21). The van der Waals surface area contributed by atoms with Crippen molar-refractivity contribution in [3.63, 3.8) is 0 Å². The first-order chi connectivity index (χ1) is 10.2. The minimum Gasteiger partial charge on any atom is -0.468 e. The van der Waals surface area contributed by atoms with Crippen LogP contribution >= 0.6 is 11.6 Å². The molecule has 0 saturated heterocycles. The van der Waals surface area contributed by atoms with Crippen LogP contribution in [0, 0.1) is 0 Å². The molecule has 0 bridgehead atoms. The molecule has 0 spiro atoms. The first-order valence-corrected chi connectivity index (χ1v) is 6.81. The van der Waals surface area contributed by atoms with Gasteiger partial charge in [-0.3, -0.25) is 9.59 Å². The van der Waals surface area contributed by atoms with E-state index in [0.717, 1.165) is 18.2 Å². The highest BCUT2D eigenvalue weighted by atomic mass is 35.5. The van der Waals surface area contributed by atoms with Crippen molar-refractivity contribution in [1.29, 1.82) is 0 Å². The largest absolute Gasteiger partial charge is 0.468 e. The summed E-state index contributed by atoms with van der Waals surface area (Å²) in [6.45, 7) is -0.340. The SMILES string of the molecule is COC(=O)CNC(=O)C1(c2cc(C(F)(F)F)ccc2Cl)CC1. The zero-order valence-electron chi connectivity index (χ0n) is 11.6. The Kier molecular flexibility index (Phi) is 4.37. The molecule has 1 fully saturated rings. The Bertz CT molecular complexity index is 612. The van der Waals surface area contributed by atoms with Gasteiger partial charge in [0.1, 0.15) is 6.54 Å². The fraction of sp³-hybridized carbons (Fsp3) is 0.429. The lowest BCUT2D eigenvalue weighted by Crippen LogP contribution is -2.38. The fourth-order valence-electron chi connectivity index (χ4n) is 2.21. The van der Waals surface area contributed by atoms with Crippen molar-refractivity contribution in [2.24, 2.45) is 0 Å². The van der Waals surface area contributed by atoms with Crippen LogP contribution < -0.4 is 5.32 Å². The molecular weight excluding hydrogens is 323 g/mol. The summed E-state index contributed by atoms with van der Waals surface area (Å²) in [6, 6.07) is 2.90. The summed E-state index contributed by atoms with van der Waals surface area (Å²) in [6.07, 6.45) is -3.76. The Morgan fingerprint density at radius 3 is 2.50 bits per heavy atom. The Balaban J connectivity index is 2.26. The van der Waals surface area contributed by atoms with Crippen LogP contribution in [0.3, 0.4) is 0 Å². The van der Waals surface area contributed by atoms with Gasteiger partial charge >= 0.3 is 12.1 Å². The van der Waals surface area contributed by atoms with Crippen LogP contribution in [0.15, 0.2) is 18.2 Å². The molecule has 0 unspecified atom stereocenters. The van der Waals surface area contributed by atoms with Crippen molar-refractivity contribution in [1.82, 2.24) is 5.32 Å². The first-order valence-electron chi connectivity index (χ1n) is 6.43. The van der Waals surface area contributed by atoms with Gasteiger partial charge in [0.15, 0.2) is 0 Å². The van der Waals surface area contributed by atoms with Crippen molar-refractivity contribution >= 4 is 23.5 Å². The van der Waals surface area contributed by atoms with E-state index in [2.05, 4.69) is 10.1 Å². The first kappa shape index (κ1) is 16.6. The molecule has 0 atom stereocenters. The van der Waals surface area contributed by atoms with Crippen LogP contribution in [0.2, 0.25) is 5.02 Å². The molecule has 1 N–H and O–H groups in total. The molecule has 1 aliphatic rings. The van der Waals surface area contributed by atoms with Crippen LogP contribution in [0.5, 0.6) is 0 Å². The Morgan fingerprint density at radius 2 is 2.00 bits per heavy atom. The quantitative estimate of drug-likeness (QED) is 0.861. The van der Waals surface area contributed by atoms with E-state index in [1.165, 1.54) is 7.11 Å². The number of esters is 1. The summed E-state index contributed by atoms with van der Waals surface area (Å²) in [5, 5.41) is 2.46. The fourth-order valence-corrected chi connectivity index (χ4v) is 2.50. The number of nitrogens with one attached hydrogen (secondary N) is 1. The highest BCUT2D eigenvalue weighted by Gasteiger charge is 2.53. The smallest absolute Gasteiger partial charge is 0.416 e. The molecule has 1 amide bonds. The molecule has 8 heteroatoms. The van der Waals surface area contributed by atoms with E-state index < -0.39 is 29.0 Å². The van der Waals surface area contributed by atoms with E-state index in [9.17, 15) is 22.8 Å². The molecule has 0 aromatic heterocycles. The second-order valence-electron chi connectivity index (χ2n) is 5.03. The molecule has 22 heavy (non-hydrogen) atoms. The third kappa shape index (κ3) is 3.19. The maximum Gasteiger partial charge on any atom is 0.416 e. The molecule has 2 rings (SSSR count). The second kappa shape index (κ2) is 5.79. The lowest BCUT2D eigenvalue weighted by Gasteiger charge is -2.18. The Labute approximate surface area is 129 Å². The van der Waals surface area contributed by atoms with E-state index in [-0.39, 0.29) is 17.1 Å². The van der Waals surface area contributed by atoms with Gasteiger partial charge in [0.25, 0.3) is 0 Å². The topological polar surface area (TPSA) is 55.4 Å². The van der Waals surface area contributed by atoms with Crippen molar-refractivity contribution in [2.45, 2.75) is 24.4 Å². The van der Waals surface area contributed by atoms with Crippen LogP contribution in [0.25, 0.3) is 0 Å². The van der Waals surface area contributed by atoms with Gasteiger partial charge in [0.2, 0.25) is 5.91 Å². The molecule has 120 valence electrons. The molecule has 1 aromatic rings. The zero-order valence-corrected chi connectivity index (χ0v) is 12.3. The third-order valence-corrected chi connectivity index (χ3v) is 3.94. The van der Waals surface area contributed by atoms with E-state index in [4.69, 9.17) is 11.6 Å². The van der Waals surface area contributed by atoms with Crippen molar-refractivity contribution in [2.75, 3.05) is 13.7 Å². The number of methoxy groups -OCH3 is 1. The minimum atomic E-state index is -4.52. The number of alkyl halides is 3. The van der Waals surface area contributed by atoms with Gasteiger partial charge in [-0.2, -0.15) is 13.2 Å². The molecular formula is C14H13ClF3NO3. The lowest BCUT2D eigenvalue weighted by atomic mass is 9.93. The lowest BCUT2D eigenvalue weighted by molar-refractivity contribution is -0.141. The Morgan fingerprint density at radius 1 is 1.36 bits per heavy atom. The van der Waals surface area contributed by atoms with Crippen LogP contribution in [-0.2, 0) is 25.9 Å². The summed E-state index contributed by atoms with van der Waals surface area (Å²) < 4.78 is 42.8. The molecule has 1 aromatic carbocycles. The van der Waals surface area contributed by atoms with Gasteiger partial charge in [-0.15, -0.1) is 0 Å². The average molecular weight is 336 g/mol. The average Bonchev–Trinajstić information content (AvgIpc) is 3.25. The molecule has 0 radical (unpaired) electrons. The summed E-state index contributed by atoms with van der Waals surface area (Å²) in [5.41, 5.74) is -1.84. The van der Waals surface area contributed by atoms with E-state index >= 15 is 0 Å². The number of rotatable bonds is 4. The van der Waals surface area contributed by atoms with Crippen molar-refractivity contribution < 1.29 is 27.5 Å². The number of carbonyl (C=O) groups is 2. The minimum absolute atomic E-state index is 0.0960. The number of benzene rings is 1. The second-order valence-corrected chi connectivity index (χ2v) is 5.44. The van der Waals surface area contributed by atoms with Crippen molar-refractivity contribution in [3.8, 4) is 0 Å². The van der Waals surface area contributed by atoms with Crippen LogP contribution in [0.1, 0.15) is 24.0 Å². The molecule has 1 aliphatic carbocycles. The summed E-state index contributed by atoms with van der Waals surface area (Å²) in [7, 11) is 1.17. The predicted octanol–water partition coefficient (Wildman–Crippen LogP) is 2.68. The normalized spacial score (nSPS) is 16.0. The van der Waals surface area contributed by atoms with Gasteiger partial charge in [-0.25, -0.2) is 0 Å². The number of ether oxygens (including phenoxy) is 1. The van der Waals surface area contributed by atoms with E-state index in [1.807, 2.05) is 0 Å². The van der Waals surface area contributed by atoms with Crippen LogP contribution in [-0.4, -0.2) is 25.5 Å². The van der Waals surface area contributed by atoms with Gasteiger partial charge in [0, 0.05) is 5.02 Å². The van der Waals surface area contributed by atoms with Gasteiger partial charge < -0.3 is 10.1 Å². The number of halogens is 4. The maximum absolute atomic E-state index is 12.8. The highest BCUT2D eigenvalue weighted by Crippen LogP contribution is 2.51. The Hall–Kier alpha value is -1.76. The number of carbonyl (C=O) groups excluding carboxylic acids is 2. The molecule has 4 nitrogen and oxygen atoms in total.